The fourth-order valence-electron chi connectivity index (χ4n) is 4.62. The average Bonchev–Trinajstić information content (AvgIpc) is 3.20. The van der Waals surface area contributed by atoms with Gasteiger partial charge >= 0.3 is 0 Å². The number of hydrogen-bond acceptors (Lipinski definition) is 5. The lowest BCUT2D eigenvalue weighted by atomic mass is 9.82. The summed E-state index contributed by atoms with van der Waals surface area (Å²) in [6.45, 7) is 0.183. The van der Waals surface area contributed by atoms with E-state index in [2.05, 4.69) is 15.3 Å². The van der Waals surface area contributed by atoms with E-state index in [9.17, 15) is 18.4 Å². The molecule has 3 heterocycles. The van der Waals surface area contributed by atoms with Gasteiger partial charge in [0.2, 0.25) is 0 Å². The zero-order valence-electron chi connectivity index (χ0n) is 21.2. The van der Waals surface area contributed by atoms with Crippen LogP contribution in [-0.4, -0.2) is 44.6 Å². The number of pyridine rings is 2. The molecule has 40 heavy (non-hydrogen) atoms. The molecule has 8 nitrogen and oxygen atoms in total. The van der Waals surface area contributed by atoms with Gasteiger partial charge in [0.25, 0.3) is 11.8 Å². The van der Waals surface area contributed by atoms with Crippen molar-refractivity contribution in [3.05, 3.63) is 130 Å². The second-order valence-corrected chi connectivity index (χ2v) is 9.78. The fraction of sp³-hybridized carbons (Fsp3) is 0.138. The highest BCUT2D eigenvalue weighted by molar-refractivity contribution is 6.30. The Bertz CT molecular complexity index is 1530. The third-order valence-corrected chi connectivity index (χ3v) is 6.84. The van der Waals surface area contributed by atoms with Crippen molar-refractivity contribution in [1.29, 1.82) is 5.41 Å². The van der Waals surface area contributed by atoms with Gasteiger partial charge in [-0.3, -0.25) is 29.9 Å². The Hall–Kier alpha value is -4.70. The summed E-state index contributed by atoms with van der Waals surface area (Å²) in [5.41, 5.74) is 0.658. The number of rotatable bonds is 7. The molecule has 0 radical (unpaired) electrons. The Morgan fingerprint density at radius 3 is 2.20 bits per heavy atom. The van der Waals surface area contributed by atoms with E-state index in [1.807, 2.05) is 0 Å². The molecule has 0 aliphatic carbocycles. The molecule has 5 rings (SSSR count). The number of hydrogen-bond donors (Lipinski definition) is 2. The molecule has 2 N–H and O–H groups in total. The van der Waals surface area contributed by atoms with Crippen LogP contribution in [0.5, 0.6) is 0 Å². The van der Waals surface area contributed by atoms with Crippen LogP contribution in [-0.2, 0) is 23.4 Å². The largest absolute Gasteiger partial charge is 0.336 e. The average molecular weight is 561 g/mol. The van der Waals surface area contributed by atoms with Crippen LogP contribution in [0, 0.1) is 17.0 Å². The van der Waals surface area contributed by atoms with Crippen molar-refractivity contribution in [2.75, 3.05) is 7.05 Å². The van der Waals surface area contributed by atoms with Gasteiger partial charge in [-0.25, -0.2) is 8.78 Å². The molecule has 0 unspecified atom stereocenters. The molecule has 1 fully saturated rings. The molecule has 202 valence electrons. The summed E-state index contributed by atoms with van der Waals surface area (Å²) < 4.78 is 27.5. The summed E-state index contributed by atoms with van der Waals surface area (Å²) in [7, 11) is 1.63. The molecule has 2 aromatic carbocycles. The number of guanidine groups is 1. The molecule has 2 amide bonds. The minimum Gasteiger partial charge on any atom is -0.336 e. The van der Waals surface area contributed by atoms with Crippen LogP contribution >= 0.6 is 11.6 Å². The first kappa shape index (κ1) is 26.9. The van der Waals surface area contributed by atoms with Gasteiger partial charge in [0, 0.05) is 25.6 Å². The molecular weight excluding hydrogens is 538 g/mol. The molecule has 1 aliphatic rings. The highest BCUT2D eigenvalue weighted by atomic mass is 35.5. The maximum absolute atomic E-state index is 14.0. The van der Waals surface area contributed by atoms with E-state index in [-0.39, 0.29) is 25.0 Å². The predicted molar refractivity (Wildman–Crippen MR) is 144 cm³/mol. The van der Waals surface area contributed by atoms with E-state index in [1.54, 1.807) is 25.2 Å². The summed E-state index contributed by atoms with van der Waals surface area (Å²) in [6.07, 6.45) is 4.44. The van der Waals surface area contributed by atoms with Crippen molar-refractivity contribution < 1.29 is 18.4 Å². The van der Waals surface area contributed by atoms with E-state index in [0.29, 0.717) is 33.0 Å². The molecule has 2 aromatic heterocycles. The van der Waals surface area contributed by atoms with Crippen LogP contribution in [0.25, 0.3) is 0 Å². The quantitative estimate of drug-likeness (QED) is 0.347. The first-order valence-electron chi connectivity index (χ1n) is 12.2. The van der Waals surface area contributed by atoms with Gasteiger partial charge in [-0.05, 0) is 59.2 Å². The van der Waals surface area contributed by atoms with Crippen molar-refractivity contribution in [3.63, 3.8) is 0 Å². The lowest BCUT2D eigenvalue weighted by Crippen LogP contribution is -2.45. The number of aromatic nitrogens is 2. The highest BCUT2D eigenvalue weighted by Crippen LogP contribution is 2.36. The molecule has 4 aromatic rings. The number of nitrogens with one attached hydrogen (secondary N) is 2. The maximum Gasteiger partial charge on any atom is 0.264 e. The Morgan fingerprint density at radius 1 is 1.00 bits per heavy atom. The van der Waals surface area contributed by atoms with E-state index in [4.69, 9.17) is 17.0 Å². The normalized spacial score (nSPS) is 14.2. The number of benzene rings is 2. The summed E-state index contributed by atoms with van der Waals surface area (Å²) in [4.78, 5) is 38.2. The molecule has 0 spiro atoms. The number of carbonyl (C=O) groups excluding carboxylic acids is 2. The zero-order valence-corrected chi connectivity index (χ0v) is 22.0. The molecule has 0 bridgehead atoms. The summed E-state index contributed by atoms with van der Waals surface area (Å²) in [6, 6.07) is 15.7. The lowest BCUT2D eigenvalue weighted by Gasteiger charge is -2.28. The smallest absolute Gasteiger partial charge is 0.264 e. The van der Waals surface area contributed by atoms with E-state index in [0.717, 1.165) is 0 Å². The van der Waals surface area contributed by atoms with Crippen LogP contribution < -0.4 is 5.32 Å². The van der Waals surface area contributed by atoms with Crippen LogP contribution in [0.4, 0.5) is 8.78 Å². The Balaban J connectivity index is 1.41. The lowest BCUT2D eigenvalue weighted by molar-refractivity contribution is -0.130. The molecular formula is C29H23ClF2N6O2. The second kappa shape index (κ2) is 10.8. The second-order valence-electron chi connectivity index (χ2n) is 9.34. The highest BCUT2D eigenvalue weighted by Gasteiger charge is 2.52. The molecule has 0 saturated carbocycles. The minimum atomic E-state index is -1.58. The van der Waals surface area contributed by atoms with Gasteiger partial charge in [-0.15, -0.1) is 0 Å². The predicted octanol–water partition coefficient (Wildman–Crippen LogP) is 4.49. The Kier molecular flexibility index (Phi) is 7.27. The number of carbonyl (C=O) groups is 2. The zero-order chi connectivity index (χ0) is 28.4. The van der Waals surface area contributed by atoms with E-state index >= 15 is 0 Å². The molecule has 0 atom stereocenters. The van der Waals surface area contributed by atoms with Crippen molar-refractivity contribution in [1.82, 2.24) is 25.1 Å². The third kappa shape index (κ3) is 5.13. The standard InChI is InChI=1S/C29H23ClF2N6O2/c1-37(17-25-11-6-22(30)15-35-25)26(39)19-12-18(13-34-14-19)16-38-27(40)29(36-28(38)33,20-2-7-23(31)8-3-20)21-4-9-24(32)10-5-21/h2-15H,16-17H2,1H3,(H2,33,36). The Morgan fingerprint density at radius 2 is 1.62 bits per heavy atom. The number of nitrogens with zero attached hydrogens (tertiary/aromatic N) is 4. The van der Waals surface area contributed by atoms with Crippen molar-refractivity contribution in [3.8, 4) is 0 Å². The van der Waals surface area contributed by atoms with Gasteiger partial charge in [0.1, 0.15) is 11.6 Å². The summed E-state index contributed by atoms with van der Waals surface area (Å²) in [5, 5.41) is 12.0. The molecule has 1 saturated heterocycles. The van der Waals surface area contributed by atoms with Crippen molar-refractivity contribution in [2.45, 2.75) is 18.6 Å². The monoisotopic (exact) mass is 560 g/mol. The van der Waals surface area contributed by atoms with E-state index in [1.165, 1.54) is 76.9 Å². The van der Waals surface area contributed by atoms with Gasteiger partial charge < -0.3 is 10.2 Å². The maximum atomic E-state index is 14.0. The van der Waals surface area contributed by atoms with Crippen molar-refractivity contribution in [2.24, 2.45) is 0 Å². The minimum absolute atomic E-state index is 0.0641. The van der Waals surface area contributed by atoms with E-state index < -0.39 is 23.1 Å². The van der Waals surface area contributed by atoms with Gasteiger partial charge in [0.15, 0.2) is 11.5 Å². The number of amides is 2. The first-order valence-corrected chi connectivity index (χ1v) is 12.6. The third-order valence-electron chi connectivity index (χ3n) is 6.61. The summed E-state index contributed by atoms with van der Waals surface area (Å²) in [5.74, 6) is -2.00. The number of halogens is 3. The van der Waals surface area contributed by atoms with Gasteiger partial charge in [-0.1, -0.05) is 35.9 Å². The Labute approximate surface area is 233 Å². The van der Waals surface area contributed by atoms with Gasteiger partial charge in [-0.2, -0.15) is 0 Å². The SMILES string of the molecule is CN(Cc1ccc(Cl)cn1)C(=O)c1cncc(CN2C(=N)NC(c3ccc(F)cc3)(c3ccc(F)cc3)C2=O)c1. The van der Waals surface area contributed by atoms with Gasteiger partial charge in [0.05, 0.1) is 29.4 Å². The van der Waals surface area contributed by atoms with Crippen LogP contribution in [0.15, 0.2) is 85.3 Å². The summed E-state index contributed by atoms with van der Waals surface area (Å²) >= 11 is 5.89. The molecule has 1 aliphatic heterocycles. The van der Waals surface area contributed by atoms with Crippen LogP contribution in [0.2, 0.25) is 5.02 Å². The fourth-order valence-corrected chi connectivity index (χ4v) is 4.73. The van der Waals surface area contributed by atoms with Crippen LogP contribution in [0.3, 0.4) is 0 Å². The van der Waals surface area contributed by atoms with Crippen molar-refractivity contribution >= 4 is 29.4 Å². The molecule has 11 heteroatoms. The first-order chi connectivity index (χ1) is 19.2. The topological polar surface area (TPSA) is 102 Å². The van der Waals surface area contributed by atoms with Crippen LogP contribution in [0.1, 0.15) is 32.7 Å².